The predicted octanol–water partition coefficient (Wildman–Crippen LogP) is 3.58. The number of carbonyl (C=O) groups is 1. The molecule has 2 heterocycles. The van der Waals surface area contributed by atoms with E-state index in [9.17, 15) is 4.79 Å². The highest BCUT2D eigenvalue weighted by molar-refractivity contribution is 6.35. The van der Waals surface area contributed by atoms with Gasteiger partial charge in [0, 0.05) is 15.6 Å². The molecule has 2 aromatic heterocycles. The number of nitrogens with one attached hydrogen (secondary N) is 1. The summed E-state index contributed by atoms with van der Waals surface area (Å²) in [6, 6.07) is 12.5. The molecule has 0 unspecified atom stereocenters. The van der Waals surface area contributed by atoms with Crippen LogP contribution in [0.3, 0.4) is 0 Å². The van der Waals surface area contributed by atoms with Crippen molar-refractivity contribution in [2.45, 2.75) is 20.5 Å². The maximum atomic E-state index is 12.7. The van der Waals surface area contributed by atoms with Gasteiger partial charge >= 0.3 is 0 Å². The summed E-state index contributed by atoms with van der Waals surface area (Å²) in [7, 11) is 0. The molecular formula is C21H18Cl2N8O3. The molecule has 0 aliphatic heterocycles. The van der Waals surface area contributed by atoms with Gasteiger partial charge in [0.25, 0.3) is 5.91 Å². The van der Waals surface area contributed by atoms with Crippen LogP contribution < -0.4 is 15.9 Å². The second kappa shape index (κ2) is 9.89. The SMILES string of the molecule is CC(=NNC(=O)c1c(C)nnn1-c1nonc1N)c1ccc(OCc2ccc(Cl)cc2Cl)cc1. The Hall–Kier alpha value is -3.96. The van der Waals surface area contributed by atoms with Crippen LogP contribution in [0.4, 0.5) is 5.82 Å². The fourth-order valence-electron chi connectivity index (χ4n) is 2.95. The number of hydrogen-bond acceptors (Lipinski definition) is 9. The molecule has 4 aromatic rings. The highest BCUT2D eigenvalue weighted by Gasteiger charge is 2.22. The third-order valence-electron chi connectivity index (χ3n) is 4.76. The number of halogens is 2. The van der Waals surface area contributed by atoms with E-state index in [0.29, 0.717) is 33.8 Å². The minimum Gasteiger partial charge on any atom is -0.489 e. The summed E-state index contributed by atoms with van der Waals surface area (Å²) in [5.41, 5.74) is 10.8. The number of aromatic nitrogens is 5. The Bertz CT molecular complexity index is 1360. The molecule has 13 heteroatoms. The second-order valence-electron chi connectivity index (χ2n) is 7.10. The van der Waals surface area contributed by atoms with Crippen LogP contribution in [0.15, 0.2) is 52.2 Å². The highest BCUT2D eigenvalue weighted by atomic mass is 35.5. The van der Waals surface area contributed by atoms with Gasteiger partial charge < -0.3 is 10.5 Å². The van der Waals surface area contributed by atoms with Crippen molar-refractivity contribution >= 4 is 40.6 Å². The van der Waals surface area contributed by atoms with E-state index in [0.717, 1.165) is 15.8 Å². The van der Waals surface area contributed by atoms with Gasteiger partial charge in [-0.1, -0.05) is 34.5 Å². The Labute approximate surface area is 203 Å². The van der Waals surface area contributed by atoms with Crippen molar-refractivity contribution in [1.29, 1.82) is 0 Å². The Morgan fingerprint density at radius 2 is 1.97 bits per heavy atom. The Morgan fingerprint density at radius 3 is 2.65 bits per heavy atom. The quantitative estimate of drug-likeness (QED) is 0.289. The molecule has 0 aliphatic carbocycles. The maximum absolute atomic E-state index is 12.7. The highest BCUT2D eigenvalue weighted by Crippen LogP contribution is 2.23. The first-order chi connectivity index (χ1) is 16.3. The molecule has 0 saturated heterocycles. The van der Waals surface area contributed by atoms with E-state index in [-0.39, 0.29) is 17.3 Å². The fraction of sp³-hybridized carbons (Fsp3) is 0.143. The molecule has 2 aromatic carbocycles. The van der Waals surface area contributed by atoms with Gasteiger partial charge in [0.1, 0.15) is 12.4 Å². The van der Waals surface area contributed by atoms with Crippen LogP contribution in [0.2, 0.25) is 10.0 Å². The van der Waals surface area contributed by atoms with E-state index in [4.69, 9.17) is 33.7 Å². The average Bonchev–Trinajstić information content (AvgIpc) is 3.41. The van der Waals surface area contributed by atoms with E-state index >= 15 is 0 Å². The molecule has 174 valence electrons. The van der Waals surface area contributed by atoms with E-state index in [2.05, 4.69) is 35.8 Å². The number of nitrogens with two attached hydrogens (primary N) is 1. The summed E-state index contributed by atoms with van der Waals surface area (Å²) in [4.78, 5) is 12.7. The molecule has 0 radical (unpaired) electrons. The molecule has 0 fully saturated rings. The zero-order valence-electron chi connectivity index (χ0n) is 18.0. The molecule has 4 rings (SSSR count). The molecular weight excluding hydrogens is 483 g/mol. The van der Waals surface area contributed by atoms with E-state index in [1.54, 1.807) is 38.1 Å². The van der Waals surface area contributed by atoms with Gasteiger partial charge in [-0.3, -0.25) is 4.79 Å². The number of nitrogen functional groups attached to an aromatic ring is 1. The molecule has 0 aliphatic rings. The number of ether oxygens (including phenoxy) is 1. The van der Waals surface area contributed by atoms with Crippen molar-refractivity contribution in [2.75, 3.05) is 5.73 Å². The van der Waals surface area contributed by atoms with Crippen molar-refractivity contribution in [3.05, 3.63) is 75.0 Å². The van der Waals surface area contributed by atoms with Gasteiger partial charge in [-0.15, -0.1) is 5.10 Å². The normalized spacial score (nSPS) is 11.5. The Kier molecular flexibility index (Phi) is 6.75. The van der Waals surface area contributed by atoms with Crippen LogP contribution >= 0.6 is 23.2 Å². The van der Waals surface area contributed by atoms with Crippen LogP contribution in [-0.4, -0.2) is 36.9 Å². The summed E-state index contributed by atoms with van der Waals surface area (Å²) in [5.74, 6) is 0.126. The molecule has 0 bridgehead atoms. The van der Waals surface area contributed by atoms with Crippen molar-refractivity contribution < 1.29 is 14.2 Å². The molecule has 34 heavy (non-hydrogen) atoms. The summed E-state index contributed by atoms with van der Waals surface area (Å²) < 4.78 is 11.5. The standard InChI is InChI=1S/C21H18Cl2N8O3/c1-11(13-4-7-16(8-5-13)33-10-14-3-6-15(22)9-17(14)23)25-27-21(32)18-12(2)26-30-31(18)20-19(24)28-34-29-20/h3-9H,10H2,1-2H3,(H2,24,28)(H,27,32). The first-order valence-corrected chi connectivity index (χ1v) is 10.6. The summed E-state index contributed by atoms with van der Waals surface area (Å²) in [5, 5.41) is 20.2. The average molecular weight is 501 g/mol. The third-order valence-corrected chi connectivity index (χ3v) is 5.34. The lowest BCUT2D eigenvalue weighted by molar-refractivity contribution is 0.0946. The van der Waals surface area contributed by atoms with E-state index in [1.165, 1.54) is 0 Å². The monoisotopic (exact) mass is 500 g/mol. The number of hydrogen-bond donors (Lipinski definition) is 2. The number of carbonyl (C=O) groups excluding carboxylic acids is 1. The van der Waals surface area contributed by atoms with Gasteiger partial charge in [-0.2, -0.15) is 9.78 Å². The van der Waals surface area contributed by atoms with Crippen molar-refractivity contribution in [3.8, 4) is 11.6 Å². The minimum absolute atomic E-state index is 0.0284. The predicted molar refractivity (Wildman–Crippen MR) is 125 cm³/mol. The van der Waals surface area contributed by atoms with Crippen LogP contribution in [-0.2, 0) is 6.61 Å². The third kappa shape index (κ3) is 5.00. The molecule has 0 saturated carbocycles. The Morgan fingerprint density at radius 1 is 1.21 bits per heavy atom. The number of anilines is 1. The number of aryl methyl sites for hydroxylation is 1. The molecule has 11 nitrogen and oxygen atoms in total. The van der Waals surface area contributed by atoms with Crippen LogP contribution in [0.25, 0.3) is 5.82 Å². The van der Waals surface area contributed by atoms with Gasteiger partial charge in [-0.25, -0.2) is 10.1 Å². The summed E-state index contributed by atoms with van der Waals surface area (Å²) >= 11 is 12.1. The maximum Gasteiger partial charge on any atom is 0.292 e. The number of nitrogens with zero attached hydrogens (tertiary/aromatic N) is 6. The van der Waals surface area contributed by atoms with Crippen molar-refractivity contribution in [2.24, 2.45) is 5.10 Å². The van der Waals surface area contributed by atoms with Gasteiger partial charge in [0.15, 0.2) is 5.69 Å². The first-order valence-electron chi connectivity index (χ1n) is 9.86. The lowest BCUT2D eigenvalue weighted by Crippen LogP contribution is -2.24. The van der Waals surface area contributed by atoms with Gasteiger partial charge in [0.2, 0.25) is 11.6 Å². The Balaban J connectivity index is 1.42. The van der Waals surface area contributed by atoms with E-state index in [1.807, 2.05) is 18.2 Å². The lowest BCUT2D eigenvalue weighted by Gasteiger charge is -2.09. The molecule has 1 amide bonds. The first kappa shape index (κ1) is 23.2. The largest absolute Gasteiger partial charge is 0.489 e. The van der Waals surface area contributed by atoms with Crippen molar-refractivity contribution in [1.82, 2.24) is 30.7 Å². The fourth-order valence-corrected chi connectivity index (χ4v) is 3.41. The van der Waals surface area contributed by atoms with Crippen molar-refractivity contribution in [3.63, 3.8) is 0 Å². The van der Waals surface area contributed by atoms with Gasteiger partial charge in [0.05, 0.1) is 11.4 Å². The second-order valence-corrected chi connectivity index (χ2v) is 7.94. The number of amides is 1. The number of benzene rings is 2. The minimum atomic E-state index is -0.552. The molecule has 3 N–H and O–H groups in total. The molecule has 0 atom stereocenters. The smallest absolute Gasteiger partial charge is 0.292 e. The topological polar surface area (TPSA) is 146 Å². The number of rotatable bonds is 7. The summed E-state index contributed by atoms with van der Waals surface area (Å²) in [6.45, 7) is 3.67. The van der Waals surface area contributed by atoms with Crippen LogP contribution in [0, 0.1) is 6.92 Å². The zero-order chi connectivity index (χ0) is 24.2. The lowest BCUT2D eigenvalue weighted by atomic mass is 10.1. The van der Waals surface area contributed by atoms with Gasteiger partial charge in [-0.05, 0) is 66.1 Å². The summed E-state index contributed by atoms with van der Waals surface area (Å²) in [6.07, 6.45) is 0. The molecule has 0 spiro atoms. The van der Waals surface area contributed by atoms with Crippen LogP contribution in [0.5, 0.6) is 5.75 Å². The zero-order valence-corrected chi connectivity index (χ0v) is 19.5. The number of hydrazone groups is 1. The van der Waals surface area contributed by atoms with Crippen LogP contribution in [0.1, 0.15) is 34.2 Å². The van der Waals surface area contributed by atoms with E-state index < -0.39 is 5.91 Å².